The summed E-state index contributed by atoms with van der Waals surface area (Å²) in [6, 6.07) is 13.2. The lowest BCUT2D eigenvalue weighted by molar-refractivity contribution is 0.0616. The van der Waals surface area contributed by atoms with Crippen molar-refractivity contribution in [3.8, 4) is 11.3 Å². The molecule has 1 aliphatic heterocycles. The van der Waals surface area contributed by atoms with Crippen molar-refractivity contribution in [2.75, 3.05) is 26.2 Å². The van der Waals surface area contributed by atoms with Crippen molar-refractivity contribution in [1.82, 2.24) is 24.3 Å². The van der Waals surface area contributed by atoms with Crippen molar-refractivity contribution in [2.24, 2.45) is 0 Å². The van der Waals surface area contributed by atoms with Gasteiger partial charge in [0, 0.05) is 55.6 Å². The number of carbonyl (C=O) groups excluding carboxylic acids is 1. The molecular weight excluding hydrogens is 426 g/mol. The Bertz CT molecular complexity index is 1290. The lowest BCUT2D eigenvalue weighted by Gasteiger charge is -2.34. The lowest BCUT2D eigenvalue weighted by atomic mass is 10.1. The molecule has 0 atom stereocenters. The van der Waals surface area contributed by atoms with Crippen molar-refractivity contribution in [2.45, 2.75) is 20.4 Å². The average molecular weight is 450 g/mol. The molecule has 7 nitrogen and oxygen atoms in total. The highest BCUT2D eigenvalue weighted by Gasteiger charge is 2.25. The Morgan fingerprint density at radius 1 is 1.09 bits per heavy atom. The van der Waals surface area contributed by atoms with Crippen LogP contribution in [0, 0.1) is 13.8 Å². The highest BCUT2D eigenvalue weighted by atomic mass is 35.5. The van der Waals surface area contributed by atoms with Crippen LogP contribution in [0.5, 0.6) is 0 Å². The molecule has 3 aromatic heterocycles. The summed E-state index contributed by atoms with van der Waals surface area (Å²) in [4.78, 5) is 21.8. The third-order valence-corrected chi connectivity index (χ3v) is 6.19. The Morgan fingerprint density at radius 2 is 1.91 bits per heavy atom. The number of imidazole rings is 1. The predicted molar refractivity (Wildman–Crippen MR) is 123 cm³/mol. The number of rotatable bonds is 4. The first-order chi connectivity index (χ1) is 15.5. The summed E-state index contributed by atoms with van der Waals surface area (Å²) in [7, 11) is 0. The number of piperazine rings is 1. The van der Waals surface area contributed by atoms with Gasteiger partial charge in [-0.1, -0.05) is 28.9 Å². The van der Waals surface area contributed by atoms with E-state index >= 15 is 0 Å². The molecule has 0 aliphatic carbocycles. The molecule has 0 spiro atoms. The first-order valence-electron chi connectivity index (χ1n) is 10.7. The van der Waals surface area contributed by atoms with Crippen LogP contribution in [0.15, 0.2) is 53.2 Å². The van der Waals surface area contributed by atoms with Gasteiger partial charge in [-0.25, -0.2) is 4.98 Å². The maximum atomic E-state index is 12.9. The Kier molecular flexibility index (Phi) is 5.45. The zero-order chi connectivity index (χ0) is 22.2. The summed E-state index contributed by atoms with van der Waals surface area (Å²) >= 11 is 6.05. The predicted octanol–water partition coefficient (Wildman–Crippen LogP) is 4.22. The number of halogens is 1. The van der Waals surface area contributed by atoms with Gasteiger partial charge in [-0.2, -0.15) is 0 Å². The molecule has 8 heteroatoms. The second kappa shape index (κ2) is 8.41. The number of nitrogens with zero attached hydrogens (tertiary/aromatic N) is 5. The first-order valence-corrected chi connectivity index (χ1v) is 11.0. The van der Waals surface area contributed by atoms with E-state index in [0.29, 0.717) is 29.6 Å². The molecule has 0 N–H and O–H groups in total. The van der Waals surface area contributed by atoms with Crippen molar-refractivity contribution >= 4 is 23.2 Å². The Morgan fingerprint density at radius 3 is 2.69 bits per heavy atom. The van der Waals surface area contributed by atoms with Crippen LogP contribution in [0.2, 0.25) is 5.02 Å². The summed E-state index contributed by atoms with van der Waals surface area (Å²) in [6.45, 7) is 7.82. The van der Waals surface area contributed by atoms with E-state index in [-0.39, 0.29) is 5.91 Å². The maximum Gasteiger partial charge on any atom is 0.276 e. The van der Waals surface area contributed by atoms with Gasteiger partial charge in [-0.15, -0.1) is 0 Å². The number of benzene rings is 1. The molecule has 4 aromatic rings. The van der Waals surface area contributed by atoms with Crippen LogP contribution in [-0.2, 0) is 6.54 Å². The normalized spacial score (nSPS) is 14.9. The fourth-order valence-corrected chi connectivity index (χ4v) is 4.33. The van der Waals surface area contributed by atoms with E-state index in [1.165, 1.54) is 11.3 Å². The zero-order valence-electron chi connectivity index (χ0n) is 18.1. The number of amides is 1. The van der Waals surface area contributed by atoms with E-state index in [0.717, 1.165) is 36.5 Å². The summed E-state index contributed by atoms with van der Waals surface area (Å²) in [6.07, 6.45) is 2.09. The Balaban J connectivity index is 1.24. The number of fused-ring (bicyclic) bond motifs is 1. The van der Waals surface area contributed by atoms with Crippen molar-refractivity contribution in [3.63, 3.8) is 0 Å². The standard InChI is InChI=1S/C24H24ClN5O2/c1-16-6-7-30-21(17(2)26-23(30)12-16)15-28-8-10-29(11-9-28)24(31)20-14-22(32-27-20)18-4-3-5-19(25)13-18/h3-7,12-14H,8-11,15H2,1-2H3. The quantitative estimate of drug-likeness (QED) is 0.466. The molecule has 1 aliphatic rings. The summed E-state index contributed by atoms with van der Waals surface area (Å²) < 4.78 is 7.55. The lowest BCUT2D eigenvalue weighted by Crippen LogP contribution is -2.48. The second-order valence-electron chi connectivity index (χ2n) is 8.23. The topological polar surface area (TPSA) is 66.9 Å². The number of aromatic nitrogens is 3. The molecule has 5 rings (SSSR count). The number of hydrogen-bond donors (Lipinski definition) is 0. The van der Waals surface area contributed by atoms with Gasteiger partial charge >= 0.3 is 0 Å². The van der Waals surface area contributed by atoms with E-state index in [1.54, 1.807) is 18.2 Å². The van der Waals surface area contributed by atoms with Crippen LogP contribution < -0.4 is 0 Å². The third kappa shape index (κ3) is 4.01. The van der Waals surface area contributed by atoms with E-state index in [1.807, 2.05) is 17.0 Å². The molecule has 0 bridgehead atoms. The number of aryl methyl sites for hydroxylation is 2. The molecule has 32 heavy (non-hydrogen) atoms. The Hall–Kier alpha value is -3.16. The molecular formula is C24H24ClN5O2. The highest BCUT2D eigenvalue weighted by Crippen LogP contribution is 2.24. The van der Waals surface area contributed by atoms with Gasteiger partial charge in [0.05, 0.1) is 11.4 Å². The van der Waals surface area contributed by atoms with E-state index in [4.69, 9.17) is 21.1 Å². The molecule has 0 saturated carbocycles. The van der Waals surface area contributed by atoms with E-state index in [9.17, 15) is 4.79 Å². The fourth-order valence-electron chi connectivity index (χ4n) is 4.14. The van der Waals surface area contributed by atoms with Crippen molar-refractivity contribution in [1.29, 1.82) is 0 Å². The highest BCUT2D eigenvalue weighted by molar-refractivity contribution is 6.30. The summed E-state index contributed by atoms with van der Waals surface area (Å²) in [5.41, 5.74) is 5.54. The molecule has 1 fully saturated rings. The second-order valence-corrected chi connectivity index (χ2v) is 8.67. The van der Waals surface area contributed by atoms with Gasteiger partial charge < -0.3 is 13.8 Å². The molecule has 0 radical (unpaired) electrons. The van der Waals surface area contributed by atoms with Gasteiger partial charge in [-0.3, -0.25) is 9.69 Å². The van der Waals surface area contributed by atoms with E-state index in [2.05, 4.69) is 46.6 Å². The molecule has 1 aromatic carbocycles. The summed E-state index contributed by atoms with van der Waals surface area (Å²) in [5, 5.41) is 4.61. The molecule has 4 heterocycles. The number of hydrogen-bond acceptors (Lipinski definition) is 5. The molecule has 164 valence electrons. The number of pyridine rings is 1. The fraction of sp³-hybridized carbons (Fsp3) is 0.292. The largest absolute Gasteiger partial charge is 0.355 e. The SMILES string of the molecule is Cc1ccn2c(CN3CCN(C(=O)c4cc(-c5cccc(Cl)c5)on4)CC3)c(C)nc2c1. The molecule has 1 saturated heterocycles. The minimum absolute atomic E-state index is 0.108. The smallest absolute Gasteiger partial charge is 0.276 e. The van der Waals surface area contributed by atoms with Gasteiger partial charge in [0.25, 0.3) is 5.91 Å². The van der Waals surface area contributed by atoms with Crippen LogP contribution in [0.3, 0.4) is 0 Å². The maximum absolute atomic E-state index is 12.9. The first kappa shape index (κ1) is 20.7. The van der Waals surface area contributed by atoms with Crippen LogP contribution in [-0.4, -0.2) is 56.4 Å². The van der Waals surface area contributed by atoms with Crippen molar-refractivity contribution < 1.29 is 9.32 Å². The summed E-state index contributed by atoms with van der Waals surface area (Å²) in [5.74, 6) is 0.427. The minimum atomic E-state index is -0.108. The van der Waals surface area contributed by atoms with Gasteiger partial charge in [0.15, 0.2) is 11.5 Å². The van der Waals surface area contributed by atoms with Gasteiger partial charge in [0.2, 0.25) is 0 Å². The minimum Gasteiger partial charge on any atom is -0.355 e. The van der Waals surface area contributed by atoms with Gasteiger partial charge in [-0.05, 0) is 43.7 Å². The van der Waals surface area contributed by atoms with Crippen molar-refractivity contribution in [3.05, 3.63) is 76.3 Å². The van der Waals surface area contributed by atoms with Crippen LogP contribution in [0.4, 0.5) is 0 Å². The number of carbonyl (C=O) groups is 1. The average Bonchev–Trinajstić information content (AvgIpc) is 3.39. The van der Waals surface area contributed by atoms with Gasteiger partial charge in [0.1, 0.15) is 5.65 Å². The van der Waals surface area contributed by atoms with Crippen LogP contribution >= 0.6 is 11.6 Å². The van der Waals surface area contributed by atoms with Crippen LogP contribution in [0.1, 0.15) is 27.4 Å². The molecule has 0 unspecified atom stereocenters. The third-order valence-electron chi connectivity index (χ3n) is 5.95. The molecule has 1 amide bonds. The Labute approximate surface area is 191 Å². The van der Waals surface area contributed by atoms with Crippen LogP contribution in [0.25, 0.3) is 17.0 Å². The monoisotopic (exact) mass is 449 g/mol. The van der Waals surface area contributed by atoms with E-state index < -0.39 is 0 Å². The zero-order valence-corrected chi connectivity index (χ0v) is 18.8.